The van der Waals surface area contributed by atoms with Gasteiger partial charge in [-0.25, -0.2) is 9.59 Å². The summed E-state index contributed by atoms with van der Waals surface area (Å²) < 4.78 is 15.7. The average Bonchev–Trinajstić information content (AvgIpc) is 2.91. The lowest BCUT2D eigenvalue weighted by atomic mass is 9.91. The topological polar surface area (TPSA) is 99.1 Å². The molecule has 0 fully saturated rings. The van der Waals surface area contributed by atoms with Crippen molar-refractivity contribution in [2.75, 3.05) is 0 Å². The number of hydrogen-bond acceptors (Lipinski definition) is 7. The maximum atomic E-state index is 12.0. The minimum absolute atomic E-state index is 0.179. The predicted molar refractivity (Wildman–Crippen MR) is 80.2 cm³/mol. The van der Waals surface area contributed by atoms with Gasteiger partial charge in [0, 0.05) is 18.1 Å². The molecule has 7 heteroatoms. The summed E-state index contributed by atoms with van der Waals surface area (Å²) in [5.41, 5.74) is 1.33. The second-order valence-electron chi connectivity index (χ2n) is 6.17. The van der Waals surface area contributed by atoms with Gasteiger partial charge in [-0.2, -0.15) is 0 Å². The van der Waals surface area contributed by atoms with E-state index >= 15 is 0 Å². The first kappa shape index (κ1) is 16.4. The van der Waals surface area contributed by atoms with Gasteiger partial charge in [0.2, 0.25) is 0 Å². The molecule has 0 aromatic heterocycles. The second-order valence-corrected chi connectivity index (χ2v) is 6.17. The lowest BCUT2D eigenvalue weighted by Crippen LogP contribution is -2.35. The summed E-state index contributed by atoms with van der Waals surface area (Å²) in [5, 5.41) is 10.9. The monoisotopic (exact) mass is 334 g/mol. The smallest absolute Gasteiger partial charge is 0.337 e. The predicted octanol–water partition coefficient (Wildman–Crippen LogP) is 1.07. The molecular weight excluding hydrogens is 316 g/mol. The number of carbonyl (C=O) groups excluding carboxylic acids is 3. The summed E-state index contributed by atoms with van der Waals surface area (Å²) in [6, 6.07) is 0. The van der Waals surface area contributed by atoms with Crippen LogP contribution in [0.2, 0.25) is 0 Å². The lowest BCUT2D eigenvalue weighted by Gasteiger charge is -2.27. The Morgan fingerprint density at radius 1 is 1.33 bits per heavy atom. The molecule has 24 heavy (non-hydrogen) atoms. The molecule has 128 valence electrons. The Morgan fingerprint density at radius 3 is 2.71 bits per heavy atom. The summed E-state index contributed by atoms with van der Waals surface area (Å²) in [7, 11) is 0. The van der Waals surface area contributed by atoms with E-state index in [1.165, 1.54) is 19.9 Å². The third-order valence-corrected chi connectivity index (χ3v) is 4.39. The third-order valence-electron chi connectivity index (χ3n) is 4.39. The van der Waals surface area contributed by atoms with E-state index in [0.29, 0.717) is 24.0 Å². The van der Waals surface area contributed by atoms with Gasteiger partial charge < -0.3 is 19.3 Å². The summed E-state index contributed by atoms with van der Waals surface area (Å²) >= 11 is 0. The molecule has 1 aliphatic carbocycles. The van der Waals surface area contributed by atoms with Crippen LogP contribution < -0.4 is 0 Å². The zero-order valence-electron chi connectivity index (χ0n) is 13.6. The van der Waals surface area contributed by atoms with E-state index in [4.69, 9.17) is 14.2 Å². The maximum absolute atomic E-state index is 12.0. The first-order valence-corrected chi connectivity index (χ1v) is 7.66. The summed E-state index contributed by atoms with van der Waals surface area (Å²) in [5.74, 6) is -3.70. The number of fused-ring (bicyclic) bond motifs is 3. The molecular formula is C17H18O7. The second kappa shape index (κ2) is 5.59. The fraction of sp³-hybridized carbons (Fsp3) is 0.471. The van der Waals surface area contributed by atoms with Crippen LogP contribution in [0.15, 0.2) is 34.4 Å². The van der Waals surface area contributed by atoms with Gasteiger partial charge in [0.1, 0.15) is 12.2 Å². The van der Waals surface area contributed by atoms with Gasteiger partial charge in [0.05, 0.1) is 5.57 Å². The molecule has 1 N–H and O–H groups in total. The molecule has 0 aromatic rings. The van der Waals surface area contributed by atoms with Crippen molar-refractivity contribution in [1.29, 1.82) is 0 Å². The van der Waals surface area contributed by atoms with Crippen LogP contribution in [-0.4, -0.2) is 41.0 Å². The molecule has 2 unspecified atom stereocenters. The maximum Gasteiger partial charge on any atom is 0.337 e. The van der Waals surface area contributed by atoms with Crippen molar-refractivity contribution in [1.82, 2.24) is 0 Å². The Hall–Kier alpha value is -2.41. The minimum Gasteiger partial charge on any atom is -0.458 e. The van der Waals surface area contributed by atoms with Crippen molar-refractivity contribution in [3.8, 4) is 0 Å². The first-order valence-electron chi connectivity index (χ1n) is 7.66. The number of aliphatic hydroxyl groups is 1. The Labute approximate surface area is 138 Å². The molecule has 0 saturated carbocycles. The normalized spacial score (nSPS) is 34.7. The molecule has 3 aliphatic rings. The molecule has 3 atom stereocenters. The molecule has 2 heterocycles. The molecule has 7 nitrogen and oxygen atoms in total. The third kappa shape index (κ3) is 2.65. The van der Waals surface area contributed by atoms with Crippen molar-refractivity contribution < 1.29 is 33.7 Å². The van der Waals surface area contributed by atoms with E-state index < -0.39 is 35.9 Å². The van der Waals surface area contributed by atoms with Crippen LogP contribution in [0.25, 0.3) is 0 Å². The van der Waals surface area contributed by atoms with E-state index in [1.807, 2.05) is 0 Å². The van der Waals surface area contributed by atoms with Crippen LogP contribution in [0.3, 0.4) is 0 Å². The Kier molecular flexibility index (Phi) is 3.83. The molecule has 0 radical (unpaired) electrons. The van der Waals surface area contributed by atoms with Gasteiger partial charge in [0.25, 0.3) is 5.79 Å². The van der Waals surface area contributed by atoms with Gasteiger partial charge in [0.15, 0.2) is 0 Å². The van der Waals surface area contributed by atoms with Crippen molar-refractivity contribution in [2.45, 2.75) is 51.6 Å². The number of carbonyl (C=O) groups is 3. The molecule has 0 amide bonds. The highest BCUT2D eigenvalue weighted by Gasteiger charge is 2.49. The van der Waals surface area contributed by atoms with Gasteiger partial charge in [-0.3, -0.25) is 4.79 Å². The number of rotatable bonds is 1. The number of ether oxygens (including phenoxy) is 3. The Morgan fingerprint density at radius 2 is 2.04 bits per heavy atom. The molecule has 0 saturated heterocycles. The molecule has 0 spiro atoms. The fourth-order valence-corrected chi connectivity index (χ4v) is 3.25. The van der Waals surface area contributed by atoms with Crippen molar-refractivity contribution >= 4 is 17.9 Å². The van der Waals surface area contributed by atoms with Crippen LogP contribution >= 0.6 is 0 Å². The fourth-order valence-electron chi connectivity index (χ4n) is 3.25. The van der Waals surface area contributed by atoms with Crippen LogP contribution in [0.4, 0.5) is 0 Å². The van der Waals surface area contributed by atoms with Gasteiger partial charge in [-0.15, -0.1) is 0 Å². The highest BCUT2D eigenvalue weighted by atomic mass is 16.7. The number of hydrogen-bond donors (Lipinski definition) is 1. The van der Waals surface area contributed by atoms with E-state index in [2.05, 4.69) is 0 Å². The Bertz CT molecular complexity index is 727. The first-order chi connectivity index (χ1) is 11.2. The lowest BCUT2D eigenvalue weighted by molar-refractivity contribution is -0.170. The molecule has 2 aliphatic heterocycles. The minimum atomic E-state index is -2.03. The van der Waals surface area contributed by atoms with Crippen LogP contribution in [0, 0.1) is 0 Å². The van der Waals surface area contributed by atoms with Crippen molar-refractivity contribution in [3.05, 3.63) is 34.4 Å². The van der Waals surface area contributed by atoms with Crippen molar-refractivity contribution in [2.24, 2.45) is 0 Å². The van der Waals surface area contributed by atoms with E-state index in [0.717, 1.165) is 0 Å². The summed E-state index contributed by atoms with van der Waals surface area (Å²) in [4.78, 5) is 35.3. The summed E-state index contributed by atoms with van der Waals surface area (Å²) in [6.45, 7) is 4.46. The molecule has 0 aromatic carbocycles. The zero-order valence-corrected chi connectivity index (χ0v) is 13.6. The summed E-state index contributed by atoms with van der Waals surface area (Å²) in [6.07, 6.45) is 2.15. The molecule has 2 bridgehead atoms. The average molecular weight is 334 g/mol. The Balaban J connectivity index is 2.11. The van der Waals surface area contributed by atoms with Crippen molar-refractivity contribution in [3.63, 3.8) is 0 Å². The van der Waals surface area contributed by atoms with Gasteiger partial charge in [-0.05, 0) is 44.4 Å². The van der Waals surface area contributed by atoms with E-state index in [-0.39, 0.29) is 11.1 Å². The largest absolute Gasteiger partial charge is 0.458 e. The highest BCUT2D eigenvalue weighted by Crippen LogP contribution is 2.40. The number of esters is 3. The van der Waals surface area contributed by atoms with E-state index in [1.54, 1.807) is 13.0 Å². The standard InChI is InChI=1S/C17H18O7/c1-8-7-17(21)14(9(2)15(19)24-17)13-6-11(16(20)23-13)4-5-12(8)22-10(3)18/h6-7,12-13,21H,4-5H2,1-3H3/b8-7+/t12?,13-,17?/m1/s1. The highest BCUT2D eigenvalue weighted by molar-refractivity contribution is 5.95. The van der Waals surface area contributed by atoms with Gasteiger partial charge in [-0.1, -0.05) is 0 Å². The van der Waals surface area contributed by atoms with E-state index in [9.17, 15) is 19.5 Å². The van der Waals surface area contributed by atoms with Gasteiger partial charge >= 0.3 is 17.9 Å². The van der Waals surface area contributed by atoms with Crippen LogP contribution in [0.5, 0.6) is 0 Å². The van der Waals surface area contributed by atoms with Crippen LogP contribution in [0.1, 0.15) is 33.6 Å². The SMILES string of the molecule is CC(=O)OC1CCC2=C[C@@H](OC2=O)C2=C(C)C(=O)OC2(O)/C=C/1C. The molecule has 3 rings (SSSR count). The van der Waals surface area contributed by atoms with Crippen LogP contribution in [-0.2, 0) is 28.6 Å². The quantitative estimate of drug-likeness (QED) is 0.435. The zero-order chi connectivity index (χ0) is 17.6.